The molecule has 0 amide bonds. The van der Waals surface area contributed by atoms with Crippen LogP contribution in [0.2, 0.25) is 0 Å². The molecule has 5 heteroatoms. The summed E-state index contributed by atoms with van der Waals surface area (Å²) in [6.07, 6.45) is 1.62. The molecule has 0 bridgehead atoms. The van der Waals surface area contributed by atoms with E-state index in [4.69, 9.17) is 8.83 Å². The highest BCUT2D eigenvalue weighted by molar-refractivity contribution is 8.00. The van der Waals surface area contributed by atoms with Gasteiger partial charge in [-0.15, -0.1) is 11.8 Å². The maximum absolute atomic E-state index is 12.4. The van der Waals surface area contributed by atoms with Crippen molar-refractivity contribution in [2.24, 2.45) is 0 Å². The molecular weight excluding hydrogens is 298 g/mol. The van der Waals surface area contributed by atoms with E-state index in [-0.39, 0.29) is 10.9 Å². The van der Waals surface area contributed by atoms with E-state index < -0.39 is 0 Å². The number of furan rings is 1. The zero-order valence-electron chi connectivity index (χ0n) is 11.8. The van der Waals surface area contributed by atoms with Gasteiger partial charge >= 0.3 is 5.63 Å². The first-order chi connectivity index (χ1) is 10.7. The highest BCUT2D eigenvalue weighted by atomic mass is 32.2. The number of benzene rings is 1. The Morgan fingerprint density at radius 2 is 2.00 bits per heavy atom. The fraction of sp³-hybridized carbons (Fsp3) is 0.118. The molecule has 0 saturated heterocycles. The monoisotopic (exact) mass is 311 g/mol. The third kappa shape index (κ3) is 2.14. The SMILES string of the molecule is Cc1cc2c(c(=O)o1)C(c1ccco1)Sc1ccccc1N2. The number of hydrogen-bond donors (Lipinski definition) is 1. The molecule has 1 aliphatic rings. The summed E-state index contributed by atoms with van der Waals surface area (Å²) in [6.45, 7) is 1.77. The van der Waals surface area contributed by atoms with Crippen LogP contribution in [0.3, 0.4) is 0 Å². The van der Waals surface area contributed by atoms with Crippen molar-refractivity contribution in [1.29, 1.82) is 0 Å². The quantitative estimate of drug-likeness (QED) is 0.718. The van der Waals surface area contributed by atoms with Gasteiger partial charge in [-0.3, -0.25) is 0 Å². The second-order valence-electron chi connectivity index (χ2n) is 5.11. The summed E-state index contributed by atoms with van der Waals surface area (Å²) in [5.74, 6) is 1.32. The lowest BCUT2D eigenvalue weighted by Crippen LogP contribution is -2.13. The maximum atomic E-state index is 12.4. The van der Waals surface area contributed by atoms with Crippen molar-refractivity contribution in [3.63, 3.8) is 0 Å². The summed E-state index contributed by atoms with van der Waals surface area (Å²) in [4.78, 5) is 13.5. The molecule has 0 spiro atoms. The van der Waals surface area contributed by atoms with Gasteiger partial charge in [-0.05, 0) is 31.2 Å². The molecule has 4 nitrogen and oxygen atoms in total. The van der Waals surface area contributed by atoms with Gasteiger partial charge < -0.3 is 14.2 Å². The van der Waals surface area contributed by atoms with Crippen LogP contribution < -0.4 is 10.9 Å². The first-order valence-electron chi connectivity index (χ1n) is 6.93. The van der Waals surface area contributed by atoms with E-state index in [1.807, 2.05) is 42.5 Å². The minimum absolute atomic E-state index is 0.238. The highest BCUT2D eigenvalue weighted by Gasteiger charge is 2.29. The van der Waals surface area contributed by atoms with Crippen molar-refractivity contribution in [2.75, 3.05) is 5.32 Å². The first kappa shape index (κ1) is 13.3. The van der Waals surface area contributed by atoms with Crippen LogP contribution in [0.5, 0.6) is 0 Å². The summed E-state index contributed by atoms with van der Waals surface area (Å²) in [5, 5.41) is 3.12. The van der Waals surface area contributed by atoms with Crippen LogP contribution in [0.1, 0.15) is 22.3 Å². The largest absolute Gasteiger partial charge is 0.468 e. The van der Waals surface area contributed by atoms with E-state index in [1.165, 1.54) is 0 Å². The third-order valence-electron chi connectivity index (χ3n) is 3.58. The van der Waals surface area contributed by atoms with Crippen LogP contribution in [-0.4, -0.2) is 0 Å². The molecule has 0 aliphatic carbocycles. The van der Waals surface area contributed by atoms with E-state index in [2.05, 4.69) is 5.32 Å². The van der Waals surface area contributed by atoms with E-state index >= 15 is 0 Å². The lowest BCUT2D eigenvalue weighted by Gasteiger charge is -2.13. The highest BCUT2D eigenvalue weighted by Crippen LogP contribution is 2.48. The van der Waals surface area contributed by atoms with Gasteiger partial charge in [-0.25, -0.2) is 4.79 Å². The van der Waals surface area contributed by atoms with Crippen LogP contribution in [0.4, 0.5) is 11.4 Å². The van der Waals surface area contributed by atoms with Crippen LogP contribution in [0, 0.1) is 6.92 Å². The smallest absolute Gasteiger partial charge is 0.342 e. The van der Waals surface area contributed by atoms with Gasteiger partial charge in [-0.1, -0.05) is 12.1 Å². The molecule has 0 fully saturated rings. The average molecular weight is 311 g/mol. The van der Waals surface area contributed by atoms with Gasteiger partial charge in [0.15, 0.2) is 0 Å². The number of anilines is 2. The second kappa shape index (κ2) is 5.10. The average Bonchev–Trinajstić information content (AvgIpc) is 2.95. The fourth-order valence-electron chi connectivity index (χ4n) is 2.62. The zero-order valence-corrected chi connectivity index (χ0v) is 12.6. The Hall–Kier alpha value is -2.40. The Morgan fingerprint density at radius 1 is 1.14 bits per heavy atom. The van der Waals surface area contributed by atoms with Gasteiger partial charge in [0.25, 0.3) is 0 Å². The molecule has 0 saturated carbocycles. The van der Waals surface area contributed by atoms with Gasteiger partial charge in [0.1, 0.15) is 16.8 Å². The van der Waals surface area contributed by atoms with E-state index in [1.54, 1.807) is 24.9 Å². The van der Waals surface area contributed by atoms with Crippen molar-refractivity contribution in [3.8, 4) is 0 Å². The number of para-hydroxylation sites is 1. The number of aryl methyl sites for hydroxylation is 1. The van der Waals surface area contributed by atoms with Crippen molar-refractivity contribution < 1.29 is 8.83 Å². The molecule has 1 aliphatic heterocycles. The van der Waals surface area contributed by atoms with Crippen LogP contribution in [-0.2, 0) is 0 Å². The molecular formula is C17H13NO3S. The van der Waals surface area contributed by atoms with E-state index in [0.29, 0.717) is 11.3 Å². The lowest BCUT2D eigenvalue weighted by atomic mass is 10.1. The van der Waals surface area contributed by atoms with Crippen LogP contribution in [0.15, 0.2) is 67.3 Å². The fourth-order valence-corrected chi connectivity index (χ4v) is 3.87. The number of hydrogen-bond acceptors (Lipinski definition) is 5. The number of fused-ring (bicyclic) bond motifs is 2. The van der Waals surface area contributed by atoms with Gasteiger partial charge in [0.05, 0.1) is 23.2 Å². The van der Waals surface area contributed by atoms with Crippen molar-refractivity contribution in [1.82, 2.24) is 0 Å². The Labute approximate surface area is 131 Å². The zero-order chi connectivity index (χ0) is 15.1. The number of rotatable bonds is 1. The summed E-state index contributed by atoms with van der Waals surface area (Å²) < 4.78 is 10.9. The third-order valence-corrected chi connectivity index (χ3v) is 4.89. The molecule has 110 valence electrons. The van der Waals surface area contributed by atoms with Gasteiger partial charge in [0, 0.05) is 11.0 Å². The van der Waals surface area contributed by atoms with Crippen molar-refractivity contribution >= 4 is 23.1 Å². The van der Waals surface area contributed by atoms with Crippen LogP contribution in [0.25, 0.3) is 0 Å². The lowest BCUT2D eigenvalue weighted by molar-refractivity contribution is 0.467. The van der Waals surface area contributed by atoms with Crippen LogP contribution >= 0.6 is 11.8 Å². The Morgan fingerprint density at radius 3 is 2.82 bits per heavy atom. The van der Waals surface area contributed by atoms with Gasteiger partial charge in [0.2, 0.25) is 0 Å². The number of thioether (sulfide) groups is 1. The molecule has 1 aromatic carbocycles. The summed E-state index contributed by atoms with van der Waals surface area (Å²) in [7, 11) is 0. The maximum Gasteiger partial charge on any atom is 0.342 e. The van der Waals surface area contributed by atoms with E-state index in [9.17, 15) is 4.79 Å². The minimum Gasteiger partial charge on any atom is -0.468 e. The van der Waals surface area contributed by atoms with Crippen molar-refractivity contribution in [3.05, 3.63) is 76.2 Å². The van der Waals surface area contributed by atoms with Gasteiger partial charge in [-0.2, -0.15) is 0 Å². The topological polar surface area (TPSA) is 55.4 Å². The predicted molar refractivity (Wildman–Crippen MR) is 85.8 cm³/mol. The standard InChI is InChI=1S/C17H13NO3S/c1-10-9-12-15(17(19)21-10)16(13-6-4-8-20-13)22-14-7-3-2-5-11(14)18-12/h2-9,16,18H,1H3. The summed E-state index contributed by atoms with van der Waals surface area (Å²) >= 11 is 1.58. The molecule has 3 heterocycles. The molecule has 1 unspecified atom stereocenters. The Bertz CT molecular complexity index is 883. The molecule has 4 rings (SSSR count). The molecule has 1 N–H and O–H groups in total. The molecule has 2 aromatic heterocycles. The molecule has 22 heavy (non-hydrogen) atoms. The molecule has 3 aromatic rings. The summed E-state index contributed by atoms with van der Waals surface area (Å²) in [5.41, 5.74) is 2.01. The predicted octanol–water partition coefficient (Wildman–Crippen LogP) is 4.48. The number of nitrogens with one attached hydrogen (secondary N) is 1. The molecule has 1 atom stereocenters. The Balaban J connectivity index is 1.98. The van der Waals surface area contributed by atoms with Crippen molar-refractivity contribution in [2.45, 2.75) is 17.1 Å². The normalized spacial score (nSPS) is 16.3. The first-order valence-corrected chi connectivity index (χ1v) is 7.81. The second-order valence-corrected chi connectivity index (χ2v) is 6.25. The summed E-state index contributed by atoms with van der Waals surface area (Å²) in [6, 6.07) is 13.6. The minimum atomic E-state index is -0.329. The Kier molecular flexibility index (Phi) is 3.08. The molecule has 0 radical (unpaired) electrons. The van der Waals surface area contributed by atoms with E-state index in [0.717, 1.165) is 22.0 Å².